The van der Waals surface area contributed by atoms with Crippen molar-refractivity contribution in [1.82, 2.24) is 18.7 Å². The Labute approximate surface area is 172 Å². The molecule has 154 valence electrons. The van der Waals surface area contributed by atoms with E-state index < -0.39 is 0 Å². The van der Waals surface area contributed by atoms with Gasteiger partial charge in [-0.2, -0.15) is 0 Å². The second-order valence-corrected chi connectivity index (χ2v) is 7.86. The van der Waals surface area contributed by atoms with Gasteiger partial charge in [0.25, 0.3) is 5.56 Å². The molecule has 0 bridgehead atoms. The van der Waals surface area contributed by atoms with Gasteiger partial charge >= 0.3 is 5.69 Å². The summed E-state index contributed by atoms with van der Waals surface area (Å²) in [7, 11) is 0. The minimum absolute atomic E-state index is 0.00997. The van der Waals surface area contributed by atoms with E-state index in [0.29, 0.717) is 30.3 Å². The molecule has 0 spiro atoms. The fraction of sp³-hybridized carbons (Fsp3) is 0.348. The van der Waals surface area contributed by atoms with Crippen molar-refractivity contribution in [3.8, 4) is 0 Å². The molecule has 1 aliphatic rings. The molecule has 30 heavy (non-hydrogen) atoms. The molecule has 2 aromatic heterocycles. The van der Waals surface area contributed by atoms with Crippen LogP contribution in [0.4, 0.5) is 4.39 Å². The van der Waals surface area contributed by atoms with Gasteiger partial charge in [-0.05, 0) is 49.9 Å². The molecule has 0 radical (unpaired) electrons. The third-order valence-electron chi connectivity index (χ3n) is 5.79. The normalized spacial score (nSPS) is 14.0. The van der Waals surface area contributed by atoms with Crippen molar-refractivity contribution in [3.63, 3.8) is 0 Å². The number of alkyl halides is 1. The van der Waals surface area contributed by atoms with E-state index in [1.165, 1.54) is 4.57 Å². The minimum atomic E-state index is -0.349. The summed E-state index contributed by atoms with van der Waals surface area (Å²) >= 11 is 0. The molecule has 1 aliphatic carbocycles. The van der Waals surface area contributed by atoms with E-state index in [1.54, 1.807) is 10.6 Å². The number of fused-ring (bicyclic) bond motifs is 2. The minimum Gasteiger partial charge on any atom is -0.326 e. The quantitative estimate of drug-likeness (QED) is 0.440. The highest BCUT2D eigenvalue weighted by molar-refractivity contribution is 5.78. The van der Waals surface area contributed by atoms with Crippen molar-refractivity contribution in [1.29, 1.82) is 0 Å². The molecular formula is C23H23FN4O2. The summed E-state index contributed by atoms with van der Waals surface area (Å²) in [4.78, 5) is 31.0. The Kier molecular flexibility index (Phi) is 4.73. The number of halogens is 1. The van der Waals surface area contributed by atoms with Gasteiger partial charge in [-0.15, -0.1) is 0 Å². The van der Waals surface area contributed by atoms with Crippen molar-refractivity contribution in [2.24, 2.45) is 0 Å². The lowest BCUT2D eigenvalue weighted by atomic mass is 10.2. The first-order chi connectivity index (χ1) is 14.7. The maximum atomic E-state index is 13.3. The number of para-hydroxylation sites is 3. The van der Waals surface area contributed by atoms with Crippen LogP contribution in [-0.2, 0) is 13.1 Å². The first kappa shape index (κ1) is 18.8. The molecule has 1 fully saturated rings. The Morgan fingerprint density at radius 3 is 2.43 bits per heavy atom. The molecule has 5 rings (SSSR count). The first-order valence-corrected chi connectivity index (χ1v) is 10.4. The summed E-state index contributed by atoms with van der Waals surface area (Å²) in [6.07, 6.45) is 2.90. The predicted molar refractivity (Wildman–Crippen MR) is 115 cm³/mol. The summed E-state index contributed by atoms with van der Waals surface area (Å²) in [6.45, 7) is 0.545. The molecule has 4 aromatic rings. The summed E-state index contributed by atoms with van der Waals surface area (Å²) in [5.74, 6) is 0.739. The molecule has 0 amide bonds. The number of unbranched alkanes of at least 4 members (excludes halogenated alkanes) is 1. The molecule has 1 saturated carbocycles. The maximum absolute atomic E-state index is 13.3. The van der Waals surface area contributed by atoms with Gasteiger partial charge in [0, 0.05) is 12.6 Å². The second kappa shape index (κ2) is 7.55. The number of aryl methyl sites for hydroxylation is 1. The monoisotopic (exact) mass is 406 g/mol. The highest BCUT2D eigenvalue weighted by atomic mass is 19.1. The summed E-state index contributed by atoms with van der Waals surface area (Å²) in [5, 5.41) is 0.545. The average molecular weight is 406 g/mol. The van der Waals surface area contributed by atoms with E-state index in [4.69, 9.17) is 4.98 Å². The molecule has 6 nitrogen and oxygen atoms in total. The standard InChI is InChI=1S/C23H23FN4O2/c24-13-5-6-14-26-20-10-4-2-8-18(20)25-21(26)15-27-19-9-3-1-7-17(19)22(29)28(23(27)30)16-11-12-16/h1-4,7-10,16H,5-6,11-15H2. The van der Waals surface area contributed by atoms with Gasteiger partial charge in [-0.25, -0.2) is 9.78 Å². The van der Waals surface area contributed by atoms with Crippen LogP contribution in [0.2, 0.25) is 0 Å². The van der Waals surface area contributed by atoms with Crippen LogP contribution in [-0.4, -0.2) is 25.4 Å². The van der Waals surface area contributed by atoms with Gasteiger partial charge in [-0.1, -0.05) is 24.3 Å². The molecule has 0 aliphatic heterocycles. The van der Waals surface area contributed by atoms with E-state index in [1.807, 2.05) is 42.5 Å². The Balaban J connectivity index is 1.68. The molecule has 0 N–H and O–H groups in total. The van der Waals surface area contributed by atoms with Gasteiger partial charge < -0.3 is 4.57 Å². The topological polar surface area (TPSA) is 61.8 Å². The SMILES string of the molecule is O=c1c2ccccc2n(Cc2nc3ccccc3n2CCCCF)c(=O)n1C1CC1. The third kappa shape index (κ3) is 3.14. The number of nitrogens with zero attached hydrogens (tertiary/aromatic N) is 4. The van der Waals surface area contributed by atoms with Gasteiger partial charge in [0.05, 0.1) is 35.2 Å². The lowest BCUT2D eigenvalue weighted by Gasteiger charge is -2.15. The number of imidazole rings is 1. The van der Waals surface area contributed by atoms with E-state index in [0.717, 1.165) is 29.7 Å². The van der Waals surface area contributed by atoms with Gasteiger partial charge in [-0.3, -0.25) is 18.3 Å². The Hall–Kier alpha value is -3.22. The molecule has 0 saturated heterocycles. The Morgan fingerprint density at radius 2 is 1.67 bits per heavy atom. The van der Waals surface area contributed by atoms with Crippen molar-refractivity contribution in [3.05, 3.63) is 75.2 Å². The fourth-order valence-corrected chi connectivity index (χ4v) is 4.15. The molecule has 2 aromatic carbocycles. The smallest absolute Gasteiger partial charge is 0.326 e. The van der Waals surface area contributed by atoms with Crippen LogP contribution in [0.25, 0.3) is 21.9 Å². The van der Waals surface area contributed by atoms with Gasteiger partial charge in [0.1, 0.15) is 5.82 Å². The average Bonchev–Trinajstić information content (AvgIpc) is 3.53. The molecular weight excluding hydrogens is 383 g/mol. The summed E-state index contributed by atoms with van der Waals surface area (Å²) in [6, 6.07) is 15.1. The first-order valence-electron chi connectivity index (χ1n) is 10.4. The lowest BCUT2D eigenvalue weighted by molar-refractivity contribution is 0.445. The number of rotatable bonds is 7. The largest absolute Gasteiger partial charge is 0.332 e. The number of aromatic nitrogens is 4. The molecule has 0 unspecified atom stereocenters. The molecule has 0 atom stereocenters. The van der Waals surface area contributed by atoms with E-state index in [9.17, 15) is 14.0 Å². The van der Waals surface area contributed by atoms with E-state index >= 15 is 0 Å². The second-order valence-electron chi connectivity index (χ2n) is 7.86. The van der Waals surface area contributed by atoms with E-state index in [-0.39, 0.29) is 30.5 Å². The third-order valence-corrected chi connectivity index (χ3v) is 5.79. The summed E-state index contributed by atoms with van der Waals surface area (Å²) in [5.41, 5.74) is 1.93. The van der Waals surface area contributed by atoms with Crippen LogP contribution in [0.3, 0.4) is 0 Å². The zero-order valence-corrected chi connectivity index (χ0v) is 16.6. The van der Waals surface area contributed by atoms with Crippen LogP contribution in [0, 0.1) is 0 Å². The molecule has 2 heterocycles. The highest BCUT2D eigenvalue weighted by Crippen LogP contribution is 2.32. The van der Waals surface area contributed by atoms with Crippen LogP contribution >= 0.6 is 0 Å². The predicted octanol–water partition coefficient (Wildman–Crippen LogP) is 3.65. The van der Waals surface area contributed by atoms with Crippen molar-refractivity contribution >= 4 is 21.9 Å². The van der Waals surface area contributed by atoms with Gasteiger partial charge in [0.15, 0.2) is 0 Å². The van der Waals surface area contributed by atoms with E-state index in [2.05, 4.69) is 4.57 Å². The fourth-order valence-electron chi connectivity index (χ4n) is 4.15. The van der Waals surface area contributed by atoms with Crippen molar-refractivity contribution in [2.75, 3.05) is 6.67 Å². The number of hydrogen-bond donors (Lipinski definition) is 0. The van der Waals surface area contributed by atoms with Crippen LogP contribution in [0.5, 0.6) is 0 Å². The van der Waals surface area contributed by atoms with Crippen molar-refractivity contribution in [2.45, 2.75) is 44.8 Å². The lowest BCUT2D eigenvalue weighted by Crippen LogP contribution is -2.40. The molecule has 7 heteroatoms. The zero-order chi connectivity index (χ0) is 20.7. The van der Waals surface area contributed by atoms with Crippen LogP contribution < -0.4 is 11.2 Å². The maximum Gasteiger partial charge on any atom is 0.332 e. The van der Waals surface area contributed by atoms with Crippen LogP contribution in [0.1, 0.15) is 37.5 Å². The zero-order valence-electron chi connectivity index (χ0n) is 16.6. The van der Waals surface area contributed by atoms with Gasteiger partial charge in [0.2, 0.25) is 0 Å². The Morgan fingerprint density at radius 1 is 0.933 bits per heavy atom. The number of hydrogen-bond acceptors (Lipinski definition) is 3. The summed E-state index contributed by atoms with van der Waals surface area (Å²) < 4.78 is 17.8. The highest BCUT2D eigenvalue weighted by Gasteiger charge is 2.29. The van der Waals surface area contributed by atoms with Crippen molar-refractivity contribution < 1.29 is 4.39 Å². The Bertz CT molecular complexity index is 1350. The van der Waals surface area contributed by atoms with Crippen LogP contribution in [0.15, 0.2) is 58.1 Å². The number of benzene rings is 2.